The van der Waals surface area contributed by atoms with Crippen LogP contribution in [0, 0.1) is 20.8 Å². The van der Waals surface area contributed by atoms with Crippen LogP contribution in [0.3, 0.4) is 0 Å². The first kappa shape index (κ1) is 16.8. The van der Waals surface area contributed by atoms with Gasteiger partial charge in [0.15, 0.2) is 0 Å². The standard InChI is InChI=1S/C16H17N3O3S2/c1-5-22-16(21)13-8(2)12-14(24-13)17-7-19(15(12)20)6-11-9(3)18-10(4)23-11/h7H,5-6H2,1-4H3. The van der Waals surface area contributed by atoms with Crippen molar-refractivity contribution in [2.24, 2.45) is 0 Å². The van der Waals surface area contributed by atoms with Gasteiger partial charge in [-0.05, 0) is 33.3 Å². The first-order chi connectivity index (χ1) is 11.4. The zero-order valence-corrected chi connectivity index (χ0v) is 15.5. The summed E-state index contributed by atoms with van der Waals surface area (Å²) in [4.78, 5) is 35.6. The number of fused-ring (bicyclic) bond motifs is 1. The highest BCUT2D eigenvalue weighted by Gasteiger charge is 2.20. The molecule has 0 radical (unpaired) electrons. The van der Waals surface area contributed by atoms with Crippen LogP contribution in [0.5, 0.6) is 0 Å². The Labute approximate surface area is 146 Å². The Morgan fingerprint density at radius 1 is 1.29 bits per heavy atom. The van der Waals surface area contributed by atoms with Gasteiger partial charge in [-0.2, -0.15) is 0 Å². The number of rotatable bonds is 4. The maximum Gasteiger partial charge on any atom is 0.348 e. The lowest BCUT2D eigenvalue weighted by Crippen LogP contribution is -2.21. The largest absolute Gasteiger partial charge is 0.462 e. The highest BCUT2D eigenvalue weighted by atomic mass is 32.1. The average molecular weight is 363 g/mol. The van der Waals surface area contributed by atoms with Crippen LogP contribution in [0.2, 0.25) is 0 Å². The topological polar surface area (TPSA) is 74.1 Å². The Morgan fingerprint density at radius 2 is 2.04 bits per heavy atom. The van der Waals surface area contributed by atoms with E-state index in [1.807, 2.05) is 13.8 Å². The second-order valence-electron chi connectivity index (χ2n) is 5.38. The van der Waals surface area contributed by atoms with Crippen molar-refractivity contribution in [3.05, 3.63) is 42.7 Å². The van der Waals surface area contributed by atoms with Crippen molar-refractivity contribution in [3.63, 3.8) is 0 Å². The molecule has 3 rings (SSSR count). The molecule has 0 bridgehead atoms. The maximum absolute atomic E-state index is 12.8. The highest BCUT2D eigenvalue weighted by molar-refractivity contribution is 7.20. The van der Waals surface area contributed by atoms with E-state index in [9.17, 15) is 9.59 Å². The molecule has 126 valence electrons. The van der Waals surface area contributed by atoms with E-state index in [1.54, 1.807) is 29.8 Å². The minimum atomic E-state index is -0.405. The molecule has 6 nitrogen and oxygen atoms in total. The van der Waals surface area contributed by atoms with Gasteiger partial charge in [0.05, 0.1) is 35.6 Å². The van der Waals surface area contributed by atoms with Crippen LogP contribution < -0.4 is 5.56 Å². The molecule has 0 saturated carbocycles. The zero-order valence-electron chi connectivity index (χ0n) is 13.9. The van der Waals surface area contributed by atoms with E-state index < -0.39 is 5.97 Å². The molecule has 0 atom stereocenters. The first-order valence-electron chi connectivity index (χ1n) is 7.51. The summed E-state index contributed by atoms with van der Waals surface area (Å²) in [7, 11) is 0. The molecule has 3 aromatic heterocycles. The van der Waals surface area contributed by atoms with Crippen LogP contribution >= 0.6 is 22.7 Å². The molecule has 0 aliphatic rings. The number of esters is 1. The lowest BCUT2D eigenvalue weighted by molar-refractivity contribution is 0.0531. The number of carbonyl (C=O) groups excluding carboxylic acids is 1. The number of aromatic nitrogens is 3. The molecule has 3 aromatic rings. The Balaban J connectivity index is 2.07. The summed E-state index contributed by atoms with van der Waals surface area (Å²) in [5, 5.41) is 1.46. The fraction of sp³-hybridized carbons (Fsp3) is 0.375. The second kappa shape index (κ2) is 6.45. The van der Waals surface area contributed by atoms with Crippen molar-refractivity contribution in [1.82, 2.24) is 14.5 Å². The number of hydrogen-bond acceptors (Lipinski definition) is 7. The number of aryl methyl sites for hydroxylation is 3. The predicted molar refractivity (Wildman–Crippen MR) is 95.3 cm³/mol. The van der Waals surface area contributed by atoms with Gasteiger partial charge in [0, 0.05) is 4.88 Å². The molecule has 0 amide bonds. The first-order valence-corrected chi connectivity index (χ1v) is 9.14. The van der Waals surface area contributed by atoms with Gasteiger partial charge in [0.1, 0.15) is 9.71 Å². The van der Waals surface area contributed by atoms with Crippen LogP contribution in [0.15, 0.2) is 11.1 Å². The minimum Gasteiger partial charge on any atom is -0.462 e. The SMILES string of the molecule is CCOC(=O)c1sc2ncn(Cc3sc(C)nc3C)c(=O)c2c1C. The van der Waals surface area contributed by atoms with E-state index in [0.29, 0.717) is 33.8 Å². The normalized spacial score (nSPS) is 11.2. The van der Waals surface area contributed by atoms with Crippen molar-refractivity contribution < 1.29 is 9.53 Å². The fourth-order valence-electron chi connectivity index (χ4n) is 2.54. The molecule has 0 N–H and O–H groups in total. The summed E-state index contributed by atoms with van der Waals surface area (Å²) in [6.45, 7) is 8.13. The zero-order chi connectivity index (χ0) is 17.4. The van der Waals surface area contributed by atoms with E-state index in [1.165, 1.54) is 17.7 Å². The van der Waals surface area contributed by atoms with Gasteiger partial charge < -0.3 is 4.74 Å². The van der Waals surface area contributed by atoms with Gasteiger partial charge in [0.25, 0.3) is 5.56 Å². The third-order valence-corrected chi connectivity index (χ3v) is 5.93. The van der Waals surface area contributed by atoms with Gasteiger partial charge in [-0.25, -0.2) is 14.8 Å². The number of nitrogens with zero attached hydrogens (tertiary/aromatic N) is 3. The van der Waals surface area contributed by atoms with Crippen LogP contribution in [-0.2, 0) is 11.3 Å². The molecule has 0 saturated heterocycles. The molecule has 0 fully saturated rings. The number of thiophene rings is 1. The van der Waals surface area contributed by atoms with Crippen molar-refractivity contribution in [2.45, 2.75) is 34.2 Å². The lowest BCUT2D eigenvalue weighted by atomic mass is 10.2. The Hall–Kier alpha value is -2.06. The molecule has 0 aromatic carbocycles. The molecule has 8 heteroatoms. The molecular weight excluding hydrogens is 346 g/mol. The smallest absolute Gasteiger partial charge is 0.348 e. The fourth-order valence-corrected chi connectivity index (χ4v) is 4.51. The van der Waals surface area contributed by atoms with E-state index in [4.69, 9.17) is 4.74 Å². The highest BCUT2D eigenvalue weighted by Crippen LogP contribution is 2.27. The molecule has 0 aliphatic heterocycles. The summed E-state index contributed by atoms with van der Waals surface area (Å²) in [5.74, 6) is -0.405. The van der Waals surface area contributed by atoms with E-state index in [0.717, 1.165) is 15.6 Å². The number of thiazole rings is 1. The number of carbonyl (C=O) groups is 1. The maximum atomic E-state index is 12.8. The quantitative estimate of drug-likeness (QED) is 0.666. The van der Waals surface area contributed by atoms with Gasteiger partial charge in [-0.3, -0.25) is 9.36 Å². The summed E-state index contributed by atoms with van der Waals surface area (Å²) in [5.41, 5.74) is 1.42. The third kappa shape index (κ3) is 2.87. The molecule has 3 heterocycles. The van der Waals surface area contributed by atoms with Crippen LogP contribution in [-0.4, -0.2) is 27.1 Å². The minimum absolute atomic E-state index is 0.144. The van der Waals surface area contributed by atoms with E-state index in [2.05, 4.69) is 9.97 Å². The van der Waals surface area contributed by atoms with E-state index in [-0.39, 0.29) is 5.56 Å². The number of ether oxygens (including phenoxy) is 1. The molecule has 0 aliphatic carbocycles. The lowest BCUT2D eigenvalue weighted by Gasteiger charge is -2.04. The second-order valence-corrected chi connectivity index (χ2v) is 7.66. The van der Waals surface area contributed by atoms with Gasteiger partial charge in [-0.1, -0.05) is 0 Å². The van der Waals surface area contributed by atoms with Crippen molar-refractivity contribution in [3.8, 4) is 0 Å². The van der Waals surface area contributed by atoms with Gasteiger partial charge in [-0.15, -0.1) is 22.7 Å². The van der Waals surface area contributed by atoms with Crippen LogP contribution in [0.1, 0.15) is 37.7 Å². The van der Waals surface area contributed by atoms with E-state index >= 15 is 0 Å². The average Bonchev–Trinajstić information content (AvgIpc) is 3.02. The van der Waals surface area contributed by atoms with Crippen molar-refractivity contribution in [2.75, 3.05) is 6.61 Å². The summed E-state index contributed by atoms with van der Waals surface area (Å²) >= 11 is 2.77. The van der Waals surface area contributed by atoms with Crippen LogP contribution in [0.4, 0.5) is 0 Å². The Morgan fingerprint density at radius 3 is 2.67 bits per heavy atom. The summed E-state index contributed by atoms with van der Waals surface area (Å²) in [6.07, 6.45) is 1.53. The monoisotopic (exact) mass is 363 g/mol. The molecule has 0 unspecified atom stereocenters. The Bertz CT molecular complexity index is 985. The van der Waals surface area contributed by atoms with Gasteiger partial charge >= 0.3 is 5.97 Å². The Kier molecular flexibility index (Phi) is 4.51. The summed E-state index contributed by atoms with van der Waals surface area (Å²) in [6, 6.07) is 0. The predicted octanol–water partition coefficient (Wildman–Crippen LogP) is 3.06. The van der Waals surface area contributed by atoms with Crippen molar-refractivity contribution >= 4 is 38.9 Å². The molecule has 24 heavy (non-hydrogen) atoms. The summed E-state index contributed by atoms with van der Waals surface area (Å²) < 4.78 is 6.62. The molecule has 0 spiro atoms. The number of hydrogen-bond donors (Lipinski definition) is 0. The van der Waals surface area contributed by atoms with Gasteiger partial charge in [0.2, 0.25) is 0 Å². The van der Waals surface area contributed by atoms with Crippen LogP contribution in [0.25, 0.3) is 10.2 Å². The van der Waals surface area contributed by atoms with Crippen molar-refractivity contribution in [1.29, 1.82) is 0 Å². The third-order valence-electron chi connectivity index (χ3n) is 3.69. The molecular formula is C16H17N3O3S2.